The number of carbonyl (C=O) groups is 6. The molecule has 6 aliphatic rings. The lowest BCUT2D eigenvalue weighted by Gasteiger charge is -2.37. The summed E-state index contributed by atoms with van der Waals surface area (Å²) in [5.41, 5.74) is -0.857. The van der Waals surface area contributed by atoms with E-state index in [-0.39, 0.29) is 44.1 Å². The summed E-state index contributed by atoms with van der Waals surface area (Å²) in [6.07, 6.45) is 8.67. The van der Waals surface area contributed by atoms with Crippen molar-refractivity contribution in [2.24, 2.45) is 17.3 Å². The van der Waals surface area contributed by atoms with Gasteiger partial charge >= 0.3 is 6.09 Å². The van der Waals surface area contributed by atoms with Crippen LogP contribution in [-0.2, 0) is 47.0 Å². The first-order chi connectivity index (χ1) is 30.5. The zero-order chi connectivity index (χ0) is 45.6. The van der Waals surface area contributed by atoms with Crippen LogP contribution in [0.2, 0.25) is 0 Å². The summed E-state index contributed by atoms with van der Waals surface area (Å²) in [4.78, 5) is 95.7. The van der Waals surface area contributed by atoms with Crippen LogP contribution in [0, 0.1) is 17.3 Å². The number of rotatable bonds is 13. The first-order valence-electron chi connectivity index (χ1n) is 22.0. The minimum absolute atomic E-state index is 0.0250. The van der Waals surface area contributed by atoms with Gasteiger partial charge in [-0.2, -0.15) is 0 Å². The second kappa shape index (κ2) is 17.6. The summed E-state index contributed by atoms with van der Waals surface area (Å²) in [5, 5.41) is 7.84. The lowest BCUT2D eigenvalue weighted by atomic mass is 9.82. The number of carbonyl (C=O) groups excluding carboxylic acids is 6. The molecule has 2 aromatic rings. The molecule has 6 atom stereocenters. The summed E-state index contributed by atoms with van der Waals surface area (Å²) in [7, 11) is -3.97. The van der Waals surface area contributed by atoms with Crippen LogP contribution in [0.1, 0.15) is 100 Å². The fourth-order valence-corrected chi connectivity index (χ4v) is 10.6. The van der Waals surface area contributed by atoms with Crippen LogP contribution in [0.4, 0.5) is 4.79 Å². The van der Waals surface area contributed by atoms with Gasteiger partial charge in [-0.05, 0) is 66.7 Å². The van der Waals surface area contributed by atoms with Crippen LogP contribution >= 0.6 is 0 Å². The van der Waals surface area contributed by atoms with Gasteiger partial charge in [0, 0.05) is 37.8 Å². The van der Waals surface area contributed by atoms with E-state index < -0.39 is 92.0 Å². The van der Waals surface area contributed by atoms with E-state index >= 15 is 4.79 Å². The number of nitrogens with one attached hydrogen (secondary N) is 4. The van der Waals surface area contributed by atoms with Crippen molar-refractivity contribution in [3.63, 3.8) is 0 Å². The van der Waals surface area contributed by atoms with Crippen LogP contribution in [0.5, 0.6) is 11.5 Å². The average molecular weight is 905 g/mol. The van der Waals surface area contributed by atoms with Gasteiger partial charge in [-0.15, -0.1) is 6.58 Å². The molecule has 20 heteroatoms. The highest BCUT2D eigenvalue weighted by Gasteiger charge is 2.62. The van der Waals surface area contributed by atoms with E-state index in [0.717, 1.165) is 30.4 Å². The highest BCUT2D eigenvalue weighted by atomic mass is 32.2. The van der Waals surface area contributed by atoms with Crippen molar-refractivity contribution in [1.82, 2.24) is 40.4 Å². The van der Waals surface area contributed by atoms with Gasteiger partial charge in [0.05, 0.1) is 18.0 Å². The second-order valence-corrected chi connectivity index (χ2v) is 20.8. The number of fused-ring (bicyclic) bond motifs is 2. The van der Waals surface area contributed by atoms with Crippen molar-refractivity contribution in [2.45, 2.75) is 127 Å². The predicted molar refractivity (Wildman–Crippen MR) is 228 cm³/mol. The molecule has 1 aromatic heterocycles. The Morgan fingerprint density at radius 2 is 1.62 bits per heavy atom. The van der Waals surface area contributed by atoms with Gasteiger partial charge in [0.15, 0.2) is 11.5 Å². The van der Waals surface area contributed by atoms with Crippen LogP contribution in [0.3, 0.4) is 0 Å². The maximum atomic E-state index is 15.0. The van der Waals surface area contributed by atoms with E-state index in [1.807, 2.05) is 12.1 Å². The Morgan fingerprint density at radius 3 is 2.20 bits per heavy atom. The minimum Gasteiger partial charge on any atom is -0.486 e. The molecule has 1 saturated heterocycles. The fraction of sp³-hybridized carbons (Fsp3) is 0.591. The first kappa shape index (κ1) is 44.8. The molecule has 0 radical (unpaired) electrons. The van der Waals surface area contributed by atoms with E-state index in [2.05, 4.69) is 37.2 Å². The highest BCUT2D eigenvalue weighted by molar-refractivity contribution is 7.91. The standard InChI is InChI=1S/C44H56N8O11S/c1-5-28-20-44(28,41(57)50-64(59,60)30-11-12-30)49-38(54)32-19-29(63-42(58)51-22-26-17-33-34(18-27(26)23-51)62-16-15-61-33)24-52(32)40(56)36(43(2,3)4)48-39(55)35(25-9-7-6-8-10-25)47-37(53)31-21-45-13-14-46-31/h5,13-14,17-18,21,25,28-30,32,35-36H,1,6-12,15-16,19-20,22-24H2,2-4H3,(H,47,53)(H,48,55)(H,49,54)(H,50,57)/t28-,29+,32?,35-,36+,44-/m0/s1. The predicted octanol–water partition coefficient (Wildman–Crippen LogP) is 2.25. The maximum Gasteiger partial charge on any atom is 0.410 e. The van der Waals surface area contributed by atoms with Gasteiger partial charge in [-0.25, -0.2) is 18.2 Å². The van der Waals surface area contributed by atoms with Gasteiger partial charge < -0.3 is 35.1 Å². The largest absolute Gasteiger partial charge is 0.486 e. The molecule has 3 aliphatic carbocycles. The third-order valence-electron chi connectivity index (χ3n) is 13.1. The van der Waals surface area contributed by atoms with Gasteiger partial charge in [-0.3, -0.25) is 38.6 Å². The van der Waals surface area contributed by atoms with E-state index in [9.17, 15) is 32.4 Å². The summed E-state index contributed by atoms with van der Waals surface area (Å²) in [6.45, 7) is 10.1. The number of aromatic nitrogens is 2. The lowest BCUT2D eigenvalue weighted by Crippen LogP contribution is -2.62. The van der Waals surface area contributed by atoms with Crippen LogP contribution in [-0.4, -0.2) is 119 Å². The molecule has 1 unspecified atom stereocenters. The number of ether oxygens (including phenoxy) is 3. The average Bonchev–Trinajstić information content (AvgIpc) is 4.17. The van der Waals surface area contributed by atoms with Crippen molar-refractivity contribution < 1.29 is 51.4 Å². The summed E-state index contributed by atoms with van der Waals surface area (Å²) >= 11 is 0. The zero-order valence-corrected chi connectivity index (χ0v) is 37.1. The minimum atomic E-state index is -3.97. The molecular weight excluding hydrogens is 849 g/mol. The quantitative estimate of drug-likeness (QED) is 0.211. The van der Waals surface area contributed by atoms with Crippen molar-refractivity contribution in [3.8, 4) is 11.5 Å². The smallest absolute Gasteiger partial charge is 0.410 e. The van der Waals surface area contributed by atoms with E-state index in [1.165, 1.54) is 34.5 Å². The van der Waals surface area contributed by atoms with Gasteiger partial charge in [0.1, 0.15) is 48.7 Å². The van der Waals surface area contributed by atoms with E-state index in [1.54, 1.807) is 20.8 Å². The normalized spacial score (nSPS) is 25.0. The van der Waals surface area contributed by atoms with Crippen molar-refractivity contribution in [1.29, 1.82) is 0 Å². The first-order valence-corrected chi connectivity index (χ1v) is 23.6. The summed E-state index contributed by atoms with van der Waals surface area (Å²) < 4.78 is 45.3. The van der Waals surface area contributed by atoms with Crippen LogP contribution < -0.4 is 30.1 Å². The molecule has 1 aromatic carbocycles. The van der Waals surface area contributed by atoms with Gasteiger partial charge in [0.2, 0.25) is 27.7 Å². The van der Waals surface area contributed by atoms with Crippen LogP contribution in [0.25, 0.3) is 0 Å². The highest BCUT2D eigenvalue weighted by Crippen LogP contribution is 2.46. The van der Waals surface area contributed by atoms with Crippen molar-refractivity contribution >= 4 is 45.7 Å². The molecule has 4 heterocycles. The molecule has 8 rings (SSSR count). The van der Waals surface area contributed by atoms with Gasteiger partial charge in [0.25, 0.3) is 11.8 Å². The van der Waals surface area contributed by atoms with Gasteiger partial charge in [-0.1, -0.05) is 46.1 Å². The molecule has 3 saturated carbocycles. The molecule has 6 amide bonds. The molecule has 4 fully saturated rings. The molecule has 344 valence electrons. The molecule has 19 nitrogen and oxygen atoms in total. The molecule has 3 aliphatic heterocycles. The topological polar surface area (TPSA) is 245 Å². The number of sulfonamides is 1. The molecule has 64 heavy (non-hydrogen) atoms. The number of hydrogen-bond donors (Lipinski definition) is 4. The van der Waals surface area contributed by atoms with Crippen LogP contribution in [0.15, 0.2) is 43.4 Å². The Labute approximate surface area is 371 Å². The maximum absolute atomic E-state index is 15.0. The number of hydrogen-bond acceptors (Lipinski definition) is 13. The third-order valence-corrected chi connectivity index (χ3v) is 14.9. The Kier molecular flexibility index (Phi) is 12.4. The summed E-state index contributed by atoms with van der Waals surface area (Å²) in [6, 6.07) is 0.0822. The monoisotopic (exact) mass is 904 g/mol. The molecule has 0 spiro atoms. The molecular formula is C44H56N8O11S. The Hall–Kier alpha value is -5.79. The Bertz CT molecular complexity index is 2280. The SMILES string of the molecule is C=C[C@H]1C[C@@]1(NC(=O)C1C[C@@H](OC(=O)N2Cc3cc4c(cc3C2)OCCO4)CN1C(=O)[C@@H](NC(=O)[C@@H](NC(=O)c1cnccn1)C1CCCCC1)C(C)(C)C)C(=O)NS(=O)(=O)C1CC1. The summed E-state index contributed by atoms with van der Waals surface area (Å²) in [5.74, 6) is -3.18. The second-order valence-electron chi connectivity index (χ2n) is 18.8. The zero-order valence-electron chi connectivity index (χ0n) is 36.3. The lowest BCUT2D eigenvalue weighted by molar-refractivity contribution is -0.145. The number of nitrogens with zero attached hydrogens (tertiary/aromatic N) is 4. The number of benzene rings is 1. The van der Waals surface area contributed by atoms with E-state index in [4.69, 9.17) is 14.2 Å². The number of likely N-dealkylation sites (tertiary alicyclic amines) is 1. The fourth-order valence-electron chi connectivity index (χ4n) is 9.22. The molecule has 0 bridgehead atoms. The van der Waals surface area contributed by atoms with Crippen molar-refractivity contribution in [2.75, 3.05) is 19.8 Å². The third kappa shape index (κ3) is 9.37. The Balaban J connectivity index is 1.04. The Morgan fingerprint density at radius 1 is 0.953 bits per heavy atom. The van der Waals surface area contributed by atoms with Crippen molar-refractivity contribution in [3.05, 3.63) is 60.2 Å². The molecule has 4 N–H and O–H groups in total. The number of amides is 6. The van der Waals surface area contributed by atoms with E-state index in [0.29, 0.717) is 50.4 Å².